The molecule has 0 radical (unpaired) electrons. The van der Waals surface area contributed by atoms with Crippen LogP contribution in [-0.2, 0) is 0 Å². The molecule has 1 unspecified atom stereocenters. The van der Waals surface area contributed by atoms with Crippen molar-refractivity contribution in [3.8, 4) is 0 Å². The van der Waals surface area contributed by atoms with Gasteiger partial charge in [0, 0.05) is 19.3 Å². The van der Waals surface area contributed by atoms with Crippen molar-refractivity contribution in [1.82, 2.24) is 10.6 Å². The highest BCUT2D eigenvalue weighted by Gasteiger charge is 2.07. The van der Waals surface area contributed by atoms with Gasteiger partial charge in [-0.3, -0.25) is 5.32 Å². The van der Waals surface area contributed by atoms with Crippen LogP contribution >= 0.6 is 12.2 Å². The van der Waals surface area contributed by atoms with E-state index in [0.717, 1.165) is 13.2 Å². The topological polar surface area (TPSA) is 24.1 Å². The molecule has 40 valence electrons. The van der Waals surface area contributed by atoms with E-state index in [4.69, 9.17) is 0 Å². The van der Waals surface area contributed by atoms with Crippen LogP contribution in [0, 0.1) is 0 Å². The molecular weight excluding hydrogens is 108 g/mol. The molecule has 0 amide bonds. The maximum absolute atomic E-state index is 4.68. The molecule has 0 aliphatic carbocycles. The van der Waals surface area contributed by atoms with Crippen molar-refractivity contribution in [2.75, 3.05) is 13.2 Å². The molecule has 0 aromatic carbocycles. The first kappa shape index (κ1) is 5.15. The van der Waals surface area contributed by atoms with E-state index in [1.54, 1.807) is 5.37 Å². The van der Waals surface area contributed by atoms with Crippen LogP contribution in [-0.4, -0.2) is 24.6 Å². The number of nitrogens with one attached hydrogen (secondary N) is 2. The van der Waals surface area contributed by atoms with Gasteiger partial charge in [-0.1, -0.05) is 12.2 Å². The monoisotopic (exact) mass is 116 g/mol. The van der Waals surface area contributed by atoms with Crippen LogP contribution in [0.15, 0.2) is 0 Å². The lowest BCUT2D eigenvalue weighted by molar-refractivity contribution is 0.786. The van der Waals surface area contributed by atoms with E-state index in [1.165, 1.54) is 0 Å². The Morgan fingerprint density at radius 3 is 2.86 bits per heavy atom. The highest BCUT2D eigenvalue weighted by molar-refractivity contribution is 7.79. The van der Waals surface area contributed by atoms with Crippen LogP contribution in [0.25, 0.3) is 0 Å². The highest BCUT2D eigenvalue weighted by Crippen LogP contribution is 1.80. The summed E-state index contributed by atoms with van der Waals surface area (Å²) in [6.45, 7) is 1.89. The van der Waals surface area contributed by atoms with Crippen molar-refractivity contribution in [2.24, 2.45) is 0 Å². The molecule has 1 rings (SSSR count). The van der Waals surface area contributed by atoms with Crippen molar-refractivity contribution >= 4 is 17.6 Å². The van der Waals surface area contributed by atoms with E-state index in [0.29, 0.717) is 6.04 Å². The first-order chi connectivity index (χ1) is 3.43. The maximum Gasteiger partial charge on any atom is 0.0490 e. The summed E-state index contributed by atoms with van der Waals surface area (Å²) in [6, 6.07) is 0.426. The van der Waals surface area contributed by atoms with Crippen molar-refractivity contribution in [3.05, 3.63) is 0 Å². The Morgan fingerprint density at radius 2 is 2.57 bits per heavy atom. The van der Waals surface area contributed by atoms with Crippen LogP contribution in [0.5, 0.6) is 0 Å². The van der Waals surface area contributed by atoms with Gasteiger partial charge in [-0.25, -0.2) is 0 Å². The molecule has 1 aliphatic heterocycles. The van der Waals surface area contributed by atoms with Crippen molar-refractivity contribution in [1.29, 1.82) is 0 Å². The van der Waals surface area contributed by atoms with Crippen molar-refractivity contribution in [2.45, 2.75) is 6.04 Å². The van der Waals surface area contributed by atoms with Crippen LogP contribution in [0.2, 0.25) is 0 Å². The Balaban J connectivity index is 2.26. The average molecular weight is 116 g/mol. The van der Waals surface area contributed by atoms with E-state index in [-0.39, 0.29) is 0 Å². The van der Waals surface area contributed by atoms with Gasteiger partial charge >= 0.3 is 0 Å². The average Bonchev–Trinajstić information content (AvgIpc) is 2.14. The second kappa shape index (κ2) is 2.35. The summed E-state index contributed by atoms with van der Waals surface area (Å²) < 4.78 is 0. The minimum atomic E-state index is 0.426. The molecule has 2 N–H and O–H groups in total. The fourth-order valence-electron chi connectivity index (χ4n) is 0.599. The summed E-state index contributed by atoms with van der Waals surface area (Å²) in [5.74, 6) is 0. The number of hydrogen-bond donors (Lipinski definition) is 2. The SMILES string of the molecule is S=CC1CNCN1. The van der Waals surface area contributed by atoms with Crippen molar-refractivity contribution in [3.63, 3.8) is 0 Å². The van der Waals surface area contributed by atoms with Crippen LogP contribution in [0.1, 0.15) is 0 Å². The molecule has 1 saturated heterocycles. The van der Waals surface area contributed by atoms with Crippen LogP contribution < -0.4 is 10.6 Å². The minimum absolute atomic E-state index is 0.426. The van der Waals surface area contributed by atoms with Gasteiger partial charge in [0.25, 0.3) is 0 Å². The molecule has 1 heterocycles. The third-order valence-corrected chi connectivity index (χ3v) is 1.35. The Kier molecular flexibility index (Phi) is 1.73. The molecule has 2 nitrogen and oxygen atoms in total. The maximum atomic E-state index is 4.68. The van der Waals surface area contributed by atoms with Gasteiger partial charge in [0.1, 0.15) is 0 Å². The summed E-state index contributed by atoms with van der Waals surface area (Å²) >= 11 is 4.68. The second-order valence-electron chi connectivity index (χ2n) is 1.58. The Hall–Kier alpha value is 0.0100. The fraction of sp³-hybridized carbons (Fsp3) is 0.750. The van der Waals surface area contributed by atoms with Gasteiger partial charge in [-0.05, 0) is 5.37 Å². The lowest BCUT2D eigenvalue weighted by Crippen LogP contribution is -2.23. The Labute approximate surface area is 48.3 Å². The first-order valence-corrected chi connectivity index (χ1v) is 2.80. The van der Waals surface area contributed by atoms with E-state index < -0.39 is 0 Å². The van der Waals surface area contributed by atoms with Gasteiger partial charge in [-0.15, -0.1) is 0 Å². The molecule has 0 bridgehead atoms. The van der Waals surface area contributed by atoms with Gasteiger partial charge in [0.05, 0.1) is 0 Å². The van der Waals surface area contributed by atoms with Crippen LogP contribution in [0.4, 0.5) is 0 Å². The van der Waals surface area contributed by atoms with E-state index in [1.807, 2.05) is 0 Å². The zero-order chi connectivity index (χ0) is 5.11. The standard InChI is InChI=1S/C4H8N2S/c7-2-4-1-5-3-6-4/h2,4-6H,1,3H2. The summed E-state index contributed by atoms with van der Waals surface area (Å²) in [7, 11) is 0. The van der Waals surface area contributed by atoms with Gasteiger partial charge in [0.15, 0.2) is 0 Å². The predicted octanol–water partition coefficient (Wildman–Crippen LogP) is -0.495. The summed E-state index contributed by atoms with van der Waals surface area (Å²) in [4.78, 5) is 0. The normalized spacial score (nSPS) is 30.6. The van der Waals surface area contributed by atoms with Gasteiger partial charge in [-0.2, -0.15) is 0 Å². The molecule has 0 aromatic heterocycles. The largest absolute Gasteiger partial charge is 0.303 e. The number of hydrogen-bond acceptors (Lipinski definition) is 3. The lowest BCUT2D eigenvalue weighted by Gasteiger charge is -1.94. The zero-order valence-corrected chi connectivity index (χ0v) is 4.79. The molecule has 0 saturated carbocycles. The fourth-order valence-corrected chi connectivity index (χ4v) is 0.792. The zero-order valence-electron chi connectivity index (χ0n) is 3.98. The smallest absolute Gasteiger partial charge is 0.0490 e. The molecule has 1 atom stereocenters. The van der Waals surface area contributed by atoms with Crippen molar-refractivity contribution < 1.29 is 0 Å². The number of rotatable bonds is 1. The molecule has 1 fully saturated rings. The van der Waals surface area contributed by atoms with E-state index in [2.05, 4.69) is 22.9 Å². The third kappa shape index (κ3) is 1.19. The van der Waals surface area contributed by atoms with Gasteiger partial charge < -0.3 is 5.32 Å². The first-order valence-electron chi connectivity index (χ1n) is 2.33. The molecule has 7 heavy (non-hydrogen) atoms. The molecule has 3 heteroatoms. The van der Waals surface area contributed by atoms with E-state index >= 15 is 0 Å². The minimum Gasteiger partial charge on any atom is -0.303 e. The summed E-state index contributed by atoms with van der Waals surface area (Å²) in [5, 5.41) is 8.00. The third-order valence-electron chi connectivity index (χ3n) is 1.02. The molecular formula is C4H8N2S. The van der Waals surface area contributed by atoms with Gasteiger partial charge in [0.2, 0.25) is 0 Å². The molecule has 0 aromatic rings. The Bertz CT molecular complexity index is 68.1. The second-order valence-corrected chi connectivity index (χ2v) is 1.85. The summed E-state index contributed by atoms with van der Waals surface area (Å²) in [5.41, 5.74) is 0. The summed E-state index contributed by atoms with van der Waals surface area (Å²) in [6.07, 6.45) is 0. The molecule has 0 spiro atoms. The highest BCUT2D eigenvalue weighted by atomic mass is 32.1. The molecule has 1 aliphatic rings. The Morgan fingerprint density at radius 1 is 1.71 bits per heavy atom. The lowest BCUT2D eigenvalue weighted by atomic mass is 10.4. The van der Waals surface area contributed by atoms with E-state index in [9.17, 15) is 0 Å². The predicted molar refractivity (Wildman–Crippen MR) is 33.4 cm³/mol. The number of thiocarbonyl (C=S) groups is 1. The quantitative estimate of drug-likeness (QED) is 0.452. The van der Waals surface area contributed by atoms with Crippen LogP contribution in [0.3, 0.4) is 0 Å².